The zero-order valence-corrected chi connectivity index (χ0v) is 8.91. The van der Waals surface area contributed by atoms with E-state index in [-0.39, 0.29) is 0 Å². The molecule has 0 aliphatic rings. The molecule has 14 heavy (non-hydrogen) atoms. The van der Waals surface area contributed by atoms with Crippen LogP contribution in [0.4, 0.5) is 0 Å². The minimum atomic E-state index is 1.04. The maximum absolute atomic E-state index is 4.41. The highest BCUT2D eigenvalue weighted by Gasteiger charge is 2.09. The van der Waals surface area contributed by atoms with Crippen LogP contribution in [0.5, 0.6) is 0 Å². The molecule has 0 bridgehead atoms. The number of hydrogen-bond acceptors (Lipinski definition) is 1. The molecule has 0 amide bonds. The molecular formula is C12H15N2+. The molecule has 0 spiro atoms. The van der Waals surface area contributed by atoms with E-state index in [0.29, 0.717) is 0 Å². The average molecular weight is 187 g/mol. The van der Waals surface area contributed by atoms with Gasteiger partial charge >= 0.3 is 0 Å². The Bertz CT molecular complexity index is 475. The molecule has 2 aromatic rings. The Labute approximate surface area is 84.2 Å². The van der Waals surface area contributed by atoms with Gasteiger partial charge in [0, 0.05) is 6.42 Å². The van der Waals surface area contributed by atoms with Crippen molar-refractivity contribution in [1.29, 1.82) is 0 Å². The normalized spacial score (nSPS) is 10.8. The Morgan fingerprint density at radius 2 is 2.14 bits per heavy atom. The third kappa shape index (κ3) is 1.37. The standard InChI is InChI=1S/C12H15N2/c1-4-12-10-6-5-9(2)7-11(10)13-8-14(12)3/h5-8H,4H2,1-3H3/q+1. The van der Waals surface area contributed by atoms with Crippen LogP contribution in [0.25, 0.3) is 10.9 Å². The van der Waals surface area contributed by atoms with Gasteiger partial charge in [-0.25, -0.2) is 4.57 Å². The topological polar surface area (TPSA) is 16.8 Å². The fourth-order valence-corrected chi connectivity index (χ4v) is 1.84. The Morgan fingerprint density at radius 1 is 1.36 bits per heavy atom. The van der Waals surface area contributed by atoms with Crippen molar-refractivity contribution in [2.45, 2.75) is 20.3 Å². The first-order valence-electron chi connectivity index (χ1n) is 4.96. The predicted octanol–water partition coefficient (Wildman–Crippen LogP) is 1.93. The summed E-state index contributed by atoms with van der Waals surface area (Å²) in [4.78, 5) is 4.41. The van der Waals surface area contributed by atoms with E-state index in [2.05, 4.69) is 41.6 Å². The number of nitrogens with zero attached hydrogens (tertiary/aromatic N) is 2. The van der Waals surface area contributed by atoms with Gasteiger partial charge in [0.05, 0.1) is 12.4 Å². The van der Waals surface area contributed by atoms with Crippen molar-refractivity contribution in [3.63, 3.8) is 0 Å². The lowest BCUT2D eigenvalue weighted by atomic mass is 10.1. The van der Waals surface area contributed by atoms with Crippen LogP contribution in [0.3, 0.4) is 0 Å². The summed E-state index contributed by atoms with van der Waals surface area (Å²) in [6, 6.07) is 6.44. The molecule has 0 radical (unpaired) electrons. The number of fused-ring (bicyclic) bond motifs is 1. The van der Waals surface area contributed by atoms with Crippen molar-refractivity contribution >= 4 is 10.9 Å². The minimum absolute atomic E-state index is 1.04. The van der Waals surface area contributed by atoms with Crippen molar-refractivity contribution in [1.82, 2.24) is 4.98 Å². The zero-order valence-electron chi connectivity index (χ0n) is 8.91. The highest BCUT2D eigenvalue weighted by molar-refractivity contribution is 5.80. The largest absolute Gasteiger partial charge is 0.286 e. The average Bonchev–Trinajstić information content (AvgIpc) is 2.18. The van der Waals surface area contributed by atoms with Crippen LogP contribution in [0.15, 0.2) is 24.5 Å². The first kappa shape index (κ1) is 9.13. The van der Waals surface area contributed by atoms with Crippen molar-refractivity contribution in [2.75, 3.05) is 0 Å². The second-order valence-corrected chi connectivity index (χ2v) is 3.68. The lowest BCUT2D eigenvalue weighted by molar-refractivity contribution is -0.680. The highest BCUT2D eigenvalue weighted by Crippen LogP contribution is 2.15. The van der Waals surface area contributed by atoms with Crippen molar-refractivity contribution < 1.29 is 4.57 Å². The van der Waals surface area contributed by atoms with Crippen LogP contribution >= 0.6 is 0 Å². The Kier molecular flexibility index (Phi) is 2.20. The van der Waals surface area contributed by atoms with Crippen LogP contribution in [0.2, 0.25) is 0 Å². The highest BCUT2D eigenvalue weighted by atomic mass is 15.0. The summed E-state index contributed by atoms with van der Waals surface area (Å²) in [7, 11) is 2.05. The molecule has 2 nitrogen and oxygen atoms in total. The van der Waals surface area contributed by atoms with Crippen LogP contribution in [0, 0.1) is 6.92 Å². The number of hydrogen-bond donors (Lipinski definition) is 0. The maximum atomic E-state index is 4.41. The molecule has 0 atom stereocenters. The minimum Gasteiger partial charge on any atom is -0.236 e. The van der Waals surface area contributed by atoms with Gasteiger partial charge in [0.25, 0.3) is 6.33 Å². The summed E-state index contributed by atoms with van der Waals surface area (Å²) in [6.45, 7) is 4.27. The van der Waals surface area contributed by atoms with Gasteiger partial charge in [-0.05, 0) is 29.6 Å². The molecule has 1 aromatic heterocycles. The maximum Gasteiger partial charge on any atom is 0.286 e. The summed E-state index contributed by atoms with van der Waals surface area (Å²) in [6.07, 6.45) is 2.93. The fourth-order valence-electron chi connectivity index (χ4n) is 1.84. The fraction of sp³-hybridized carbons (Fsp3) is 0.333. The van der Waals surface area contributed by atoms with Gasteiger partial charge < -0.3 is 0 Å². The molecule has 1 heterocycles. The summed E-state index contributed by atoms with van der Waals surface area (Å²) in [5, 5.41) is 1.27. The number of rotatable bonds is 1. The summed E-state index contributed by atoms with van der Waals surface area (Å²) < 4.78 is 2.09. The van der Waals surface area contributed by atoms with Crippen molar-refractivity contribution in [3.05, 3.63) is 35.8 Å². The van der Waals surface area contributed by atoms with Gasteiger partial charge in [-0.3, -0.25) is 0 Å². The number of aryl methyl sites for hydroxylation is 3. The van der Waals surface area contributed by atoms with Gasteiger partial charge in [-0.1, -0.05) is 13.0 Å². The van der Waals surface area contributed by atoms with E-state index in [1.165, 1.54) is 16.6 Å². The molecule has 72 valence electrons. The molecule has 2 heteroatoms. The second kappa shape index (κ2) is 3.37. The molecule has 0 unspecified atom stereocenters. The second-order valence-electron chi connectivity index (χ2n) is 3.68. The van der Waals surface area contributed by atoms with E-state index in [0.717, 1.165) is 11.9 Å². The van der Waals surface area contributed by atoms with Crippen LogP contribution in [0.1, 0.15) is 18.2 Å². The smallest absolute Gasteiger partial charge is 0.236 e. The first-order chi connectivity index (χ1) is 6.72. The van der Waals surface area contributed by atoms with Gasteiger partial charge in [-0.2, -0.15) is 0 Å². The number of aromatic nitrogens is 2. The van der Waals surface area contributed by atoms with Gasteiger partial charge in [0.15, 0.2) is 5.52 Å². The Morgan fingerprint density at radius 3 is 2.86 bits per heavy atom. The molecule has 0 saturated carbocycles. The summed E-state index contributed by atoms with van der Waals surface area (Å²) >= 11 is 0. The SMILES string of the molecule is CCc1c2ccc(C)cc2nc[n+]1C. The first-order valence-corrected chi connectivity index (χ1v) is 4.96. The van der Waals surface area contributed by atoms with E-state index < -0.39 is 0 Å². The molecule has 0 aliphatic heterocycles. The van der Waals surface area contributed by atoms with Crippen molar-refractivity contribution in [3.8, 4) is 0 Å². The summed E-state index contributed by atoms with van der Waals surface area (Å²) in [5.74, 6) is 0. The Hall–Kier alpha value is -1.44. The van der Waals surface area contributed by atoms with E-state index in [1.807, 2.05) is 13.4 Å². The quantitative estimate of drug-likeness (QED) is 0.623. The molecule has 0 aliphatic carbocycles. The lowest BCUT2D eigenvalue weighted by Gasteiger charge is -2.02. The predicted molar refractivity (Wildman–Crippen MR) is 57.0 cm³/mol. The summed E-state index contributed by atoms with van der Waals surface area (Å²) in [5.41, 5.74) is 3.70. The van der Waals surface area contributed by atoms with Crippen molar-refractivity contribution in [2.24, 2.45) is 7.05 Å². The molecular weight excluding hydrogens is 172 g/mol. The molecule has 0 saturated heterocycles. The van der Waals surface area contributed by atoms with E-state index >= 15 is 0 Å². The van der Waals surface area contributed by atoms with Gasteiger partial charge in [0.2, 0.25) is 0 Å². The Balaban J connectivity index is 2.82. The van der Waals surface area contributed by atoms with E-state index in [1.54, 1.807) is 0 Å². The van der Waals surface area contributed by atoms with Gasteiger partial charge in [-0.15, -0.1) is 0 Å². The van der Waals surface area contributed by atoms with Crippen LogP contribution in [-0.2, 0) is 13.5 Å². The third-order valence-electron chi connectivity index (χ3n) is 2.59. The molecule has 2 rings (SSSR count). The monoisotopic (exact) mass is 187 g/mol. The van der Waals surface area contributed by atoms with Crippen LogP contribution in [-0.4, -0.2) is 4.98 Å². The molecule has 0 fully saturated rings. The van der Waals surface area contributed by atoms with E-state index in [4.69, 9.17) is 0 Å². The molecule has 1 aromatic carbocycles. The van der Waals surface area contributed by atoms with Gasteiger partial charge in [0.1, 0.15) is 5.69 Å². The van der Waals surface area contributed by atoms with Crippen LogP contribution < -0.4 is 4.57 Å². The lowest BCUT2D eigenvalue weighted by Crippen LogP contribution is -2.33. The number of benzene rings is 1. The van der Waals surface area contributed by atoms with E-state index in [9.17, 15) is 0 Å². The third-order valence-corrected chi connectivity index (χ3v) is 2.59. The zero-order chi connectivity index (χ0) is 10.1. The molecule has 0 N–H and O–H groups in total.